The van der Waals surface area contributed by atoms with Crippen molar-refractivity contribution in [1.29, 1.82) is 0 Å². The van der Waals surface area contributed by atoms with E-state index in [9.17, 15) is 0 Å². The van der Waals surface area contributed by atoms with Crippen LogP contribution >= 0.6 is 0 Å². The Morgan fingerprint density at radius 1 is 1.11 bits per heavy atom. The van der Waals surface area contributed by atoms with Gasteiger partial charge in [-0.1, -0.05) is 30.3 Å². The molecule has 0 fully saturated rings. The first-order valence-corrected chi connectivity index (χ1v) is 6.04. The van der Waals surface area contributed by atoms with Crippen LogP contribution in [0.1, 0.15) is 5.56 Å². The number of nitrogens with zero attached hydrogens (tertiary/aromatic N) is 2. The van der Waals surface area contributed by atoms with Gasteiger partial charge in [0.2, 0.25) is 0 Å². The lowest BCUT2D eigenvalue weighted by Crippen LogP contribution is -1.99. The van der Waals surface area contributed by atoms with Crippen LogP contribution in [0.5, 0.6) is 0 Å². The van der Waals surface area contributed by atoms with Crippen molar-refractivity contribution in [2.45, 2.75) is 6.54 Å². The quantitative estimate of drug-likeness (QED) is 0.758. The van der Waals surface area contributed by atoms with Crippen molar-refractivity contribution < 1.29 is 0 Å². The second-order valence-corrected chi connectivity index (χ2v) is 4.28. The van der Waals surface area contributed by atoms with Crippen LogP contribution in [-0.4, -0.2) is 16.6 Å². The average molecular weight is 237 g/mol. The Balaban J connectivity index is 2.03. The van der Waals surface area contributed by atoms with Crippen LogP contribution < -0.4 is 5.32 Å². The number of benzene rings is 1. The second-order valence-electron chi connectivity index (χ2n) is 4.28. The number of rotatable bonds is 3. The summed E-state index contributed by atoms with van der Waals surface area (Å²) >= 11 is 0. The van der Waals surface area contributed by atoms with Crippen LogP contribution in [0, 0.1) is 0 Å². The number of aromatic nitrogens is 2. The van der Waals surface area contributed by atoms with Crippen molar-refractivity contribution in [2.24, 2.45) is 0 Å². The fraction of sp³-hybridized carbons (Fsp3) is 0.133. The first kappa shape index (κ1) is 10.8. The lowest BCUT2D eigenvalue weighted by molar-refractivity contribution is 0.825. The van der Waals surface area contributed by atoms with Crippen molar-refractivity contribution in [3.63, 3.8) is 0 Å². The summed E-state index contributed by atoms with van der Waals surface area (Å²) in [6.45, 7) is 0.852. The minimum atomic E-state index is 0.852. The number of anilines is 1. The van der Waals surface area contributed by atoms with E-state index in [1.54, 1.807) is 0 Å². The Kier molecular flexibility index (Phi) is 2.73. The lowest BCUT2D eigenvalue weighted by atomic mass is 10.2. The highest BCUT2D eigenvalue weighted by Gasteiger charge is 2.05. The summed E-state index contributed by atoms with van der Waals surface area (Å²) in [5.41, 5.74) is 3.42. The van der Waals surface area contributed by atoms with E-state index in [1.807, 2.05) is 25.4 Å². The largest absolute Gasteiger partial charge is 0.387 e. The molecule has 0 amide bonds. The molecular formula is C15H15N3. The van der Waals surface area contributed by atoms with Crippen LogP contribution in [0.3, 0.4) is 0 Å². The topological polar surface area (TPSA) is 29.9 Å². The molecule has 0 aliphatic heterocycles. The Morgan fingerprint density at radius 2 is 1.94 bits per heavy atom. The molecule has 0 radical (unpaired) electrons. The molecule has 0 aliphatic rings. The minimum Gasteiger partial charge on any atom is -0.387 e. The standard InChI is InChI=1S/C15H15N3/c1-16-14-7-9-17-15-13(14)8-10-18(15)11-12-5-3-2-4-6-12/h2-10H,11H2,1H3,(H,16,17). The van der Waals surface area contributed by atoms with Gasteiger partial charge in [-0.25, -0.2) is 4.98 Å². The highest BCUT2D eigenvalue weighted by molar-refractivity contribution is 5.89. The molecule has 0 saturated heterocycles. The number of hydrogen-bond acceptors (Lipinski definition) is 2. The maximum atomic E-state index is 4.47. The number of fused-ring (bicyclic) bond motifs is 1. The Morgan fingerprint density at radius 3 is 2.72 bits per heavy atom. The molecule has 0 aliphatic carbocycles. The lowest BCUT2D eigenvalue weighted by Gasteiger charge is -2.06. The summed E-state index contributed by atoms with van der Waals surface area (Å²) in [5.74, 6) is 0. The Labute approximate surface area is 106 Å². The second kappa shape index (κ2) is 4.53. The van der Waals surface area contributed by atoms with Gasteiger partial charge in [0, 0.05) is 37.1 Å². The van der Waals surface area contributed by atoms with E-state index in [4.69, 9.17) is 0 Å². The smallest absolute Gasteiger partial charge is 0.142 e. The number of hydrogen-bond donors (Lipinski definition) is 1. The summed E-state index contributed by atoms with van der Waals surface area (Å²) in [4.78, 5) is 4.47. The third-order valence-electron chi connectivity index (χ3n) is 3.13. The maximum absolute atomic E-state index is 4.47. The normalized spacial score (nSPS) is 10.7. The van der Waals surface area contributed by atoms with Gasteiger partial charge in [-0.3, -0.25) is 0 Å². The van der Waals surface area contributed by atoms with E-state index in [0.717, 1.165) is 23.3 Å². The third kappa shape index (κ3) is 1.84. The predicted molar refractivity (Wildman–Crippen MR) is 74.8 cm³/mol. The van der Waals surface area contributed by atoms with Crippen molar-refractivity contribution in [3.8, 4) is 0 Å². The molecule has 2 aromatic heterocycles. The maximum Gasteiger partial charge on any atom is 0.142 e. The molecule has 3 nitrogen and oxygen atoms in total. The van der Waals surface area contributed by atoms with Gasteiger partial charge >= 0.3 is 0 Å². The van der Waals surface area contributed by atoms with Crippen LogP contribution in [-0.2, 0) is 6.54 Å². The molecule has 0 unspecified atom stereocenters. The van der Waals surface area contributed by atoms with Crippen molar-refractivity contribution >= 4 is 16.7 Å². The van der Waals surface area contributed by atoms with E-state index in [-0.39, 0.29) is 0 Å². The molecule has 0 atom stereocenters. The molecule has 0 spiro atoms. The van der Waals surface area contributed by atoms with Gasteiger partial charge in [0.25, 0.3) is 0 Å². The first-order chi connectivity index (χ1) is 8.88. The Bertz CT molecular complexity index is 656. The van der Waals surface area contributed by atoms with E-state index in [1.165, 1.54) is 5.56 Å². The monoisotopic (exact) mass is 237 g/mol. The van der Waals surface area contributed by atoms with Gasteiger partial charge < -0.3 is 9.88 Å². The van der Waals surface area contributed by atoms with Crippen LogP contribution in [0.4, 0.5) is 5.69 Å². The molecule has 18 heavy (non-hydrogen) atoms. The van der Waals surface area contributed by atoms with Gasteiger partial charge in [0.15, 0.2) is 0 Å². The fourth-order valence-electron chi connectivity index (χ4n) is 2.22. The molecular weight excluding hydrogens is 222 g/mol. The molecule has 1 N–H and O–H groups in total. The van der Waals surface area contributed by atoms with Crippen LogP contribution in [0.25, 0.3) is 11.0 Å². The highest BCUT2D eigenvalue weighted by atomic mass is 15.0. The number of nitrogens with one attached hydrogen (secondary N) is 1. The zero-order chi connectivity index (χ0) is 12.4. The molecule has 3 rings (SSSR count). The van der Waals surface area contributed by atoms with Gasteiger partial charge in [-0.15, -0.1) is 0 Å². The summed E-state index contributed by atoms with van der Waals surface area (Å²) in [7, 11) is 1.93. The summed E-state index contributed by atoms with van der Waals surface area (Å²) < 4.78 is 2.17. The molecule has 90 valence electrons. The summed E-state index contributed by atoms with van der Waals surface area (Å²) in [5, 5.41) is 4.36. The van der Waals surface area contributed by atoms with E-state index >= 15 is 0 Å². The van der Waals surface area contributed by atoms with E-state index in [2.05, 4.69) is 51.4 Å². The van der Waals surface area contributed by atoms with E-state index in [0.29, 0.717) is 0 Å². The van der Waals surface area contributed by atoms with Crippen molar-refractivity contribution in [1.82, 2.24) is 9.55 Å². The van der Waals surface area contributed by atoms with Gasteiger partial charge in [0.1, 0.15) is 5.65 Å². The van der Waals surface area contributed by atoms with Gasteiger partial charge in [-0.05, 0) is 17.7 Å². The van der Waals surface area contributed by atoms with Crippen LogP contribution in [0.15, 0.2) is 54.9 Å². The molecule has 3 aromatic rings. The van der Waals surface area contributed by atoms with Gasteiger partial charge in [0.05, 0.1) is 0 Å². The van der Waals surface area contributed by atoms with Crippen molar-refractivity contribution in [2.75, 3.05) is 12.4 Å². The fourth-order valence-corrected chi connectivity index (χ4v) is 2.22. The molecule has 2 heterocycles. The average Bonchev–Trinajstić information content (AvgIpc) is 2.83. The van der Waals surface area contributed by atoms with Gasteiger partial charge in [-0.2, -0.15) is 0 Å². The minimum absolute atomic E-state index is 0.852. The molecule has 0 bridgehead atoms. The van der Waals surface area contributed by atoms with E-state index < -0.39 is 0 Å². The Hall–Kier alpha value is -2.29. The highest BCUT2D eigenvalue weighted by Crippen LogP contribution is 2.22. The molecule has 1 aromatic carbocycles. The zero-order valence-corrected chi connectivity index (χ0v) is 10.3. The summed E-state index contributed by atoms with van der Waals surface area (Å²) in [6.07, 6.45) is 3.93. The number of pyridine rings is 1. The SMILES string of the molecule is CNc1ccnc2c1ccn2Cc1ccccc1. The molecule has 3 heteroatoms. The predicted octanol–water partition coefficient (Wildman–Crippen LogP) is 3.13. The van der Waals surface area contributed by atoms with Crippen molar-refractivity contribution in [3.05, 3.63) is 60.4 Å². The zero-order valence-electron chi connectivity index (χ0n) is 10.3. The molecule has 0 saturated carbocycles. The third-order valence-corrected chi connectivity index (χ3v) is 3.13. The summed E-state index contributed by atoms with van der Waals surface area (Å²) in [6, 6.07) is 14.5. The first-order valence-electron chi connectivity index (χ1n) is 6.04. The van der Waals surface area contributed by atoms with Crippen LogP contribution in [0.2, 0.25) is 0 Å².